The number of hydrogen-bond acceptors (Lipinski definition) is 4. The van der Waals surface area contributed by atoms with E-state index in [4.69, 9.17) is 5.73 Å². The highest BCUT2D eigenvalue weighted by atomic mass is 79.9. The molecule has 0 bridgehead atoms. The summed E-state index contributed by atoms with van der Waals surface area (Å²) in [5.74, 6) is -1.66. The molecule has 3 amide bonds. The molecule has 212 valence electrons. The van der Waals surface area contributed by atoms with E-state index in [-0.39, 0.29) is 42.8 Å². The van der Waals surface area contributed by atoms with Crippen molar-refractivity contribution in [2.45, 2.75) is 63.5 Å². The molecule has 0 spiro atoms. The van der Waals surface area contributed by atoms with Crippen molar-refractivity contribution < 1.29 is 19.2 Å². The number of rotatable bonds is 10. The Balaban J connectivity index is 1.41. The number of nitrogens with zero attached hydrogens (tertiary/aromatic N) is 1. The summed E-state index contributed by atoms with van der Waals surface area (Å²) in [5.41, 5.74) is 10.2. The first-order valence-corrected chi connectivity index (χ1v) is 14.9. The fourth-order valence-corrected chi connectivity index (χ4v) is 6.60. The van der Waals surface area contributed by atoms with E-state index in [1.165, 1.54) is 0 Å². The van der Waals surface area contributed by atoms with Gasteiger partial charge in [0, 0.05) is 35.6 Å². The highest BCUT2D eigenvalue weighted by Gasteiger charge is 2.43. The van der Waals surface area contributed by atoms with Gasteiger partial charge < -0.3 is 11.1 Å². The van der Waals surface area contributed by atoms with Gasteiger partial charge in [0.15, 0.2) is 5.78 Å². The van der Waals surface area contributed by atoms with Gasteiger partial charge in [-0.05, 0) is 53.6 Å². The molecule has 0 aliphatic carbocycles. The lowest BCUT2D eigenvalue weighted by molar-refractivity contribution is -0.130. The fourth-order valence-electron chi connectivity index (χ4n) is 6.05. The lowest BCUT2D eigenvalue weighted by atomic mass is 9.85. The van der Waals surface area contributed by atoms with Crippen molar-refractivity contribution in [3.63, 3.8) is 0 Å². The number of benzene rings is 3. The Morgan fingerprint density at radius 1 is 1.00 bits per heavy atom. The maximum absolute atomic E-state index is 13.9. The Morgan fingerprint density at radius 3 is 2.22 bits per heavy atom. The number of Topliss-reactive ketones (excluding diaryl/α,β-unsaturated/α-hetero) is 1. The average molecular weight is 617 g/mol. The first kappa shape index (κ1) is 28.7. The zero-order valence-corrected chi connectivity index (χ0v) is 24.6. The van der Waals surface area contributed by atoms with Gasteiger partial charge in [0.05, 0.1) is 11.7 Å². The molecule has 0 saturated heterocycles. The second-order valence-corrected chi connectivity index (χ2v) is 12.0. The van der Waals surface area contributed by atoms with E-state index in [0.29, 0.717) is 12.8 Å². The van der Waals surface area contributed by atoms with Crippen LogP contribution < -0.4 is 16.0 Å². The number of nitrogens with one attached hydrogen (secondary N) is 1. The molecule has 3 N–H and O–H groups in total. The van der Waals surface area contributed by atoms with Gasteiger partial charge >= 0.3 is 0 Å². The zero-order chi connectivity index (χ0) is 29.1. The first-order chi connectivity index (χ1) is 19.7. The van der Waals surface area contributed by atoms with Gasteiger partial charge in [-0.15, -0.1) is 0 Å². The van der Waals surface area contributed by atoms with E-state index in [0.717, 1.165) is 38.8 Å². The molecule has 0 aromatic heterocycles. The Kier molecular flexibility index (Phi) is 8.68. The molecule has 2 heterocycles. The number of carbonyl (C=O) groups excluding carboxylic acids is 4. The molecule has 0 unspecified atom stereocenters. The number of hydrogen-bond donors (Lipinski definition) is 2. The van der Waals surface area contributed by atoms with Crippen molar-refractivity contribution in [2.24, 2.45) is 11.7 Å². The van der Waals surface area contributed by atoms with Gasteiger partial charge in [0.2, 0.25) is 17.7 Å². The molecule has 8 heteroatoms. The third-order valence-electron chi connectivity index (χ3n) is 8.20. The topological polar surface area (TPSA) is 110 Å². The second-order valence-electron chi connectivity index (χ2n) is 11.1. The van der Waals surface area contributed by atoms with Crippen LogP contribution in [0.2, 0.25) is 0 Å². The van der Waals surface area contributed by atoms with E-state index >= 15 is 0 Å². The highest BCUT2D eigenvalue weighted by Crippen LogP contribution is 2.42. The van der Waals surface area contributed by atoms with Crippen LogP contribution in [0.3, 0.4) is 0 Å². The lowest BCUT2D eigenvalue weighted by Gasteiger charge is -2.28. The number of primary amides is 1. The molecule has 0 saturated carbocycles. The van der Waals surface area contributed by atoms with Crippen molar-refractivity contribution in [1.29, 1.82) is 0 Å². The van der Waals surface area contributed by atoms with Crippen LogP contribution in [0.5, 0.6) is 0 Å². The van der Waals surface area contributed by atoms with Crippen LogP contribution in [0.1, 0.15) is 60.8 Å². The van der Waals surface area contributed by atoms with Crippen molar-refractivity contribution in [2.75, 3.05) is 4.90 Å². The van der Waals surface area contributed by atoms with Gasteiger partial charge in [-0.25, -0.2) is 0 Å². The molecule has 2 aliphatic heterocycles. The van der Waals surface area contributed by atoms with Crippen LogP contribution in [-0.2, 0) is 32.0 Å². The molecular weight excluding hydrogens is 582 g/mol. The van der Waals surface area contributed by atoms with Gasteiger partial charge in [-0.2, -0.15) is 0 Å². The fraction of sp³-hybridized carbons (Fsp3) is 0.333. The minimum Gasteiger partial charge on any atom is -0.370 e. The Morgan fingerprint density at radius 2 is 1.61 bits per heavy atom. The third-order valence-corrected chi connectivity index (χ3v) is 8.66. The Hall–Kier alpha value is -3.78. The molecule has 2 aliphatic rings. The predicted molar refractivity (Wildman–Crippen MR) is 161 cm³/mol. The van der Waals surface area contributed by atoms with Gasteiger partial charge in [0.1, 0.15) is 6.04 Å². The quantitative estimate of drug-likeness (QED) is 0.340. The second kappa shape index (κ2) is 12.4. The summed E-state index contributed by atoms with van der Waals surface area (Å²) in [6.45, 7) is 1.89. The molecule has 3 atom stereocenters. The summed E-state index contributed by atoms with van der Waals surface area (Å²) < 4.78 is 0.914. The SMILES string of the molecule is C[C@H]1CCc2cc(Br)cc3c2N(C1=O)[C@H](C(=O)N[C@@H](CCC(N)=O)C(=O)CC(c1ccccc1)c1ccccc1)C3. The van der Waals surface area contributed by atoms with Crippen molar-refractivity contribution in [1.82, 2.24) is 5.32 Å². The summed E-state index contributed by atoms with van der Waals surface area (Å²) in [7, 11) is 0. The zero-order valence-electron chi connectivity index (χ0n) is 23.0. The van der Waals surface area contributed by atoms with Gasteiger partial charge in [0.25, 0.3) is 0 Å². The van der Waals surface area contributed by atoms with E-state index < -0.39 is 23.9 Å². The summed E-state index contributed by atoms with van der Waals surface area (Å²) >= 11 is 3.58. The normalized spacial score (nSPS) is 18.5. The Bertz CT molecular complexity index is 1420. The van der Waals surface area contributed by atoms with Crippen LogP contribution in [-0.4, -0.2) is 35.6 Å². The van der Waals surface area contributed by atoms with Crippen LogP contribution in [0.15, 0.2) is 77.3 Å². The number of amides is 3. The Labute approximate surface area is 248 Å². The molecule has 0 radical (unpaired) electrons. The summed E-state index contributed by atoms with van der Waals surface area (Å²) in [5, 5.41) is 2.93. The van der Waals surface area contributed by atoms with Crippen molar-refractivity contribution in [3.8, 4) is 0 Å². The number of ketones is 1. The smallest absolute Gasteiger partial charge is 0.244 e. The molecule has 0 fully saturated rings. The lowest BCUT2D eigenvalue weighted by Crippen LogP contribution is -2.53. The molecule has 41 heavy (non-hydrogen) atoms. The number of nitrogens with two attached hydrogens (primary N) is 1. The molecular formula is C33H34BrN3O4. The van der Waals surface area contributed by atoms with E-state index in [2.05, 4.69) is 21.2 Å². The predicted octanol–water partition coefficient (Wildman–Crippen LogP) is 4.83. The molecule has 7 nitrogen and oxygen atoms in total. The van der Waals surface area contributed by atoms with E-state index in [1.54, 1.807) is 4.90 Å². The van der Waals surface area contributed by atoms with Crippen LogP contribution in [0.4, 0.5) is 5.69 Å². The van der Waals surface area contributed by atoms with Crippen molar-refractivity contribution >= 4 is 45.1 Å². The minimum absolute atomic E-state index is 0.0420. The van der Waals surface area contributed by atoms with Crippen molar-refractivity contribution in [3.05, 3.63) is 99.5 Å². The minimum atomic E-state index is -0.917. The molecule has 5 rings (SSSR count). The molecule has 3 aromatic carbocycles. The molecule has 3 aromatic rings. The summed E-state index contributed by atoms with van der Waals surface area (Å²) in [6.07, 6.45) is 2.00. The summed E-state index contributed by atoms with van der Waals surface area (Å²) in [4.78, 5) is 54.6. The van der Waals surface area contributed by atoms with Crippen LogP contribution in [0, 0.1) is 5.92 Å². The average Bonchev–Trinajstić information content (AvgIpc) is 3.30. The maximum Gasteiger partial charge on any atom is 0.244 e. The summed E-state index contributed by atoms with van der Waals surface area (Å²) in [6, 6.07) is 21.8. The van der Waals surface area contributed by atoms with Crippen LogP contribution >= 0.6 is 15.9 Å². The largest absolute Gasteiger partial charge is 0.370 e. The maximum atomic E-state index is 13.9. The van der Waals surface area contributed by atoms with Gasteiger partial charge in [-0.1, -0.05) is 83.5 Å². The first-order valence-electron chi connectivity index (χ1n) is 14.1. The standard InChI is InChI=1S/C33H34BrN3O4/c1-20-12-13-23-16-25(34)17-24-18-28(37(31(23)24)33(20)41)32(40)36-27(14-15-30(35)39)29(38)19-26(21-8-4-2-5-9-21)22-10-6-3-7-11-22/h2-11,16-17,20,26-28H,12-15,18-19H2,1H3,(H2,35,39)(H,36,40)/t20-,27-,28-/m0/s1. The number of anilines is 1. The number of carbonyl (C=O) groups is 4. The monoisotopic (exact) mass is 615 g/mol. The highest BCUT2D eigenvalue weighted by molar-refractivity contribution is 9.10. The van der Waals surface area contributed by atoms with Gasteiger partial charge in [-0.3, -0.25) is 24.1 Å². The van der Waals surface area contributed by atoms with E-state index in [1.807, 2.05) is 79.7 Å². The number of halogens is 1. The number of aryl methyl sites for hydroxylation is 1. The third kappa shape index (κ3) is 6.27. The van der Waals surface area contributed by atoms with E-state index in [9.17, 15) is 19.2 Å². The van der Waals surface area contributed by atoms with Crippen LogP contribution in [0.25, 0.3) is 0 Å².